The van der Waals surface area contributed by atoms with Gasteiger partial charge in [-0.3, -0.25) is 4.79 Å². The highest BCUT2D eigenvalue weighted by molar-refractivity contribution is 5.95. The molecule has 1 N–H and O–H groups in total. The van der Waals surface area contributed by atoms with Gasteiger partial charge in [-0.2, -0.15) is 0 Å². The van der Waals surface area contributed by atoms with Crippen LogP contribution in [0, 0.1) is 20.8 Å². The van der Waals surface area contributed by atoms with Gasteiger partial charge in [0, 0.05) is 5.56 Å². The van der Waals surface area contributed by atoms with Crippen molar-refractivity contribution in [1.29, 1.82) is 0 Å². The number of amides is 1. The van der Waals surface area contributed by atoms with Crippen LogP contribution in [0.1, 0.15) is 45.6 Å². The number of hydrogen-bond acceptors (Lipinski definition) is 1. The van der Waals surface area contributed by atoms with E-state index in [9.17, 15) is 4.79 Å². The summed E-state index contributed by atoms with van der Waals surface area (Å²) < 4.78 is 0. The summed E-state index contributed by atoms with van der Waals surface area (Å²) in [5, 5.41) is 3.05. The van der Waals surface area contributed by atoms with E-state index in [1.54, 1.807) is 0 Å². The average Bonchev–Trinajstić information content (AvgIpc) is 2.39. The van der Waals surface area contributed by atoms with Crippen LogP contribution < -0.4 is 5.32 Å². The van der Waals surface area contributed by atoms with Gasteiger partial charge in [0.05, 0.1) is 6.04 Å². The number of carbonyl (C=O) groups excluding carboxylic acids is 1. The Balaban J connectivity index is 2.13. The lowest BCUT2D eigenvalue weighted by atomic mass is 10.0. The van der Waals surface area contributed by atoms with Crippen LogP contribution in [-0.2, 0) is 0 Å². The molecule has 0 radical (unpaired) electrons. The van der Waals surface area contributed by atoms with E-state index in [1.807, 2.05) is 39.0 Å². The molecule has 2 nitrogen and oxygen atoms in total. The second kappa shape index (κ2) is 5.91. The largest absolute Gasteiger partial charge is 0.346 e. The van der Waals surface area contributed by atoms with Gasteiger partial charge in [-0.1, -0.05) is 47.5 Å². The third-order valence-corrected chi connectivity index (χ3v) is 3.55. The number of rotatable bonds is 3. The second-order valence-electron chi connectivity index (χ2n) is 5.42. The molecule has 0 saturated heterocycles. The van der Waals surface area contributed by atoms with Crippen LogP contribution >= 0.6 is 0 Å². The molecule has 2 rings (SSSR count). The van der Waals surface area contributed by atoms with E-state index >= 15 is 0 Å². The van der Waals surface area contributed by atoms with Crippen LogP contribution in [0.15, 0.2) is 42.5 Å². The highest BCUT2D eigenvalue weighted by Gasteiger charge is 2.13. The first kappa shape index (κ1) is 14.3. The maximum Gasteiger partial charge on any atom is 0.252 e. The van der Waals surface area contributed by atoms with Crippen molar-refractivity contribution in [2.45, 2.75) is 33.7 Å². The summed E-state index contributed by atoms with van der Waals surface area (Å²) in [5.41, 5.74) is 5.27. The lowest BCUT2D eigenvalue weighted by molar-refractivity contribution is 0.0939. The molecule has 0 aliphatic rings. The summed E-state index contributed by atoms with van der Waals surface area (Å²) in [6.45, 7) is 8.07. The number of carbonyl (C=O) groups is 1. The smallest absolute Gasteiger partial charge is 0.252 e. The number of nitrogens with one attached hydrogen (secondary N) is 1. The summed E-state index contributed by atoms with van der Waals surface area (Å²) in [6.07, 6.45) is 0. The minimum atomic E-state index is -0.0180. The van der Waals surface area contributed by atoms with Crippen molar-refractivity contribution in [3.8, 4) is 0 Å². The summed E-state index contributed by atoms with van der Waals surface area (Å²) >= 11 is 0. The molecule has 0 bridgehead atoms. The fourth-order valence-corrected chi connectivity index (χ4v) is 2.28. The SMILES string of the molecule is Cc1ccc([C@@H](C)NC(=O)c2ccc(C)cc2C)cc1. The second-order valence-corrected chi connectivity index (χ2v) is 5.42. The van der Waals surface area contributed by atoms with Gasteiger partial charge < -0.3 is 5.32 Å². The average molecular weight is 267 g/mol. The van der Waals surface area contributed by atoms with Gasteiger partial charge in [-0.15, -0.1) is 0 Å². The molecule has 104 valence electrons. The van der Waals surface area contributed by atoms with Gasteiger partial charge in [0.15, 0.2) is 0 Å². The number of aryl methyl sites for hydroxylation is 3. The van der Waals surface area contributed by atoms with Crippen molar-refractivity contribution >= 4 is 5.91 Å². The van der Waals surface area contributed by atoms with E-state index in [2.05, 4.69) is 36.5 Å². The fraction of sp³-hybridized carbons (Fsp3) is 0.278. The van der Waals surface area contributed by atoms with E-state index in [-0.39, 0.29) is 11.9 Å². The quantitative estimate of drug-likeness (QED) is 0.891. The maximum absolute atomic E-state index is 12.3. The van der Waals surface area contributed by atoms with Crippen LogP contribution in [0.25, 0.3) is 0 Å². The minimum Gasteiger partial charge on any atom is -0.346 e. The van der Waals surface area contributed by atoms with Gasteiger partial charge in [0.2, 0.25) is 0 Å². The van der Waals surface area contributed by atoms with Crippen LogP contribution in [0.3, 0.4) is 0 Å². The molecule has 1 amide bonds. The lowest BCUT2D eigenvalue weighted by Crippen LogP contribution is -2.27. The zero-order valence-corrected chi connectivity index (χ0v) is 12.5. The Bertz CT molecular complexity index is 614. The molecule has 0 spiro atoms. The lowest BCUT2D eigenvalue weighted by Gasteiger charge is -2.16. The predicted molar refractivity (Wildman–Crippen MR) is 83.0 cm³/mol. The van der Waals surface area contributed by atoms with E-state index < -0.39 is 0 Å². The van der Waals surface area contributed by atoms with Crippen LogP contribution in [0.4, 0.5) is 0 Å². The van der Waals surface area contributed by atoms with Crippen molar-refractivity contribution in [3.63, 3.8) is 0 Å². The first-order chi connectivity index (χ1) is 9.47. The molecule has 0 unspecified atom stereocenters. The zero-order valence-electron chi connectivity index (χ0n) is 12.5. The molecule has 0 aromatic heterocycles. The molecule has 2 aromatic rings. The predicted octanol–water partition coefficient (Wildman–Crippen LogP) is 4.10. The topological polar surface area (TPSA) is 29.1 Å². The molecular weight excluding hydrogens is 246 g/mol. The van der Waals surface area contributed by atoms with Crippen molar-refractivity contribution < 1.29 is 4.79 Å². The van der Waals surface area contributed by atoms with Gasteiger partial charge in [0.1, 0.15) is 0 Å². The van der Waals surface area contributed by atoms with Crippen molar-refractivity contribution in [3.05, 3.63) is 70.3 Å². The first-order valence-electron chi connectivity index (χ1n) is 6.92. The summed E-state index contributed by atoms with van der Waals surface area (Å²) in [5.74, 6) is -0.0180. The summed E-state index contributed by atoms with van der Waals surface area (Å²) in [7, 11) is 0. The van der Waals surface area contributed by atoms with E-state index in [1.165, 1.54) is 11.1 Å². The maximum atomic E-state index is 12.3. The molecular formula is C18H21NO. The Morgan fingerprint density at radius 2 is 1.55 bits per heavy atom. The highest BCUT2D eigenvalue weighted by atomic mass is 16.1. The summed E-state index contributed by atoms with van der Waals surface area (Å²) in [6, 6.07) is 14.1. The third kappa shape index (κ3) is 3.27. The van der Waals surface area contributed by atoms with Gasteiger partial charge in [-0.25, -0.2) is 0 Å². The minimum absolute atomic E-state index is 0.00352. The molecule has 2 heteroatoms. The molecule has 0 aliphatic heterocycles. The van der Waals surface area contributed by atoms with E-state index in [0.29, 0.717) is 0 Å². The van der Waals surface area contributed by atoms with Gasteiger partial charge in [-0.05, 0) is 44.9 Å². The van der Waals surface area contributed by atoms with Crippen molar-refractivity contribution in [1.82, 2.24) is 5.32 Å². The normalized spacial score (nSPS) is 12.0. The summed E-state index contributed by atoms with van der Waals surface area (Å²) in [4.78, 5) is 12.3. The molecule has 0 aliphatic carbocycles. The Morgan fingerprint density at radius 3 is 2.15 bits per heavy atom. The van der Waals surface area contributed by atoms with Crippen molar-refractivity contribution in [2.75, 3.05) is 0 Å². The highest BCUT2D eigenvalue weighted by Crippen LogP contribution is 2.16. The molecule has 0 fully saturated rings. The molecule has 20 heavy (non-hydrogen) atoms. The molecule has 0 heterocycles. The Labute approximate surface area is 120 Å². The Hall–Kier alpha value is -2.09. The molecule has 2 aromatic carbocycles. The Morgan fingerprint density at radius 1 is 0.950 bits per heavy atom. The molecule has 0 saturated carbocycles. The van der Waals surface area contributed by atoms with Crippen LogP contribution in [0.2, 0.25) is 0 Å². The number of hydrogen-bond donors (Lipinski definition) is 1. The zero-order chi connectivity index (χ0) is 14.7. The van der Waals surface area contributed by atoms with Gasteiger partial charge >= 0.3 is 0 Å². The standard InChI is InChI=1S/C18H21NO/c1-12-5-8-16(9-6-12)15(4)19-18(20)17-10-7-13(2)11-14(17)3/h5-11,15H,1-4H3,(H,19,20)/t15-/m1/s1. The van der Waals surface area contributed by atoms with E-state index in [0.717, 1.165) is 16.7 Å². The first-order valence-corrected chi connectivity index (χ1v) is 6.92. The fourth-order valence-electron chi connectivity index (χ4n) is 2.28. The Kier molecular flexibility index (Phi) is 4.23. The number of benzene rings is 2. The monoisotopic (exact) mass is 267 g/mol. The van der Waals surface area contributed by atoms with E-state index in [4.69, 9.17) is 0 Å². The third-order valence-electron chi connectivity index (χ3n) is 3.55. The van der Waals surface area contributed by atoms with Crippen molar-refractivity contribution in [2.24, 2.45) is 0 Å². The van der Waals surface area contributed by atoms with Crippen LogP contribution in [-0.4, -0.2) is 5.91 Å². The molecule has 1 atom stereocenters. The van der Waals surface area contributed by atoms with Crippen LogP contribution in [0.5, 0.6) is 0 Å². The van der Waals surface area contributed by atoms with Gasteiger partial charge in [0.25, 0.3) is 5.91 Å².